The van der Waals surface area contributed by atoms with E-state index in [1.807, 2.05) is 36.0 Å². The van der Waals surface area contributed by atoms with Gasteiger partial charge in [-0.05, 0) is 36.3 Å². The van der Waals surface area contributed by atoms with Crippen molar-refractivity contribution in [1.82, 2.24) is 0 Å². The molecule has 1 aromatic rings. The lowest BCUT2D eigenvalue weighted by Gasteiger charge is -2.31. The molecular weight excluding hydrogens is 206 g/mol. The first-order valence-corrected chi connectivity index (χ1v) is 6.48. The van der Waals surface area contributed by atoms with Gasteiger partial charge in [0.05, 0.1) is 5.60 Å². The smallest absolute Gasteiger partial charge is 0.0778 e. The third-order valence-corrected chi connectivity index (χ3v) is 4.10. The van der Waals surface area contributed by atoms with Gasteiger partial charge < -0.3 is 10.8 Å². The molecule has 82 valence electrons. The number of hydrogen-bond donors (Lipinski definition) is 2. The van der Waals surface area contributed by atoms with E-state index in [1.165, 1.54) is 5.75 Å². The van der Waals surface area contributed by atoms with Crippen LogP contribution in [0.15, 0.2) is 24.3 Å². The molecule has 1 aliphatic rings. The minimum absolute atomic E-state index is 0.517. The highest BCUT2D eigenvalue weighted by molar-refractivity contribution is 7.99. The van der Waals surface area contributed by atoms with Gasteiger partial charge in [0.2, 0.25) is 0 Å². The molecule has 2 nitrogen and oxygen atoms in total. The molecular formula is C12H17NOS. The highest BCUT2D eigenvalue weighted by atomic mass is 32.2. The van der Waals surface area contributed by atoms with Gasteiger partial charge >= 0.3 is 0 Å². The Morgan fingerprint density at radius 1 is 1.47 bits per heavy atom. The summed E-state index contributed by atoms with van der Waals surface area (Å²) in [7, 11) is 0. The van der Waals surface area contributed by atoms with Crippen LogP contribution in [0.5, 0.6) is 0 Å². The zero-order valence-corrected chi connectivity index (χ0v) is 9.59. The Hall–Kier alpha value is -0.670. The van der Waals surface area contributed by atoms with Gasteiger partial charge in [-0.25, -0.2) is 0 Å². The van der Waals surface area contributed by atoms with Crippen LogP contribution < -0.4 is 5.73 Å². The van der Waals surface area contributed by atoms with Crippen LogP contribution in [0.3, 0.4) is 0 Å². The first-order chi connectivity index (χ1) is 7.18. The molecule has 1 fully saturated rings. The molecule has 15 heavy (non-hydrogen) atoms. The maximum atomic E-state index is 10.4. The van der Waals surface area contributed by atoms with Crippen molar-refractivity contribution in [2.24, 2.45) is 0 Å². The topological polar surface area (TPSA) is 46.2 Å². The molecule has 1 atom stereocenters. The van der Waals surface area contributed by atoms with Crippen LogP contribution >= 0.6 is 11.8 Å². The summed E-state index contributed by atoms with van der Waals surface area (Å²) in [5.41, 5.74) is 7.12. The predicted octanol–water partition coefficient (Wildman–Crippen LogP) is 2.07. The molecule has 3 N–H and O–H groups in total. The van der Waals surface area contributed by atoms with Gasteiger partial charge in [0, 0.05) is 17.9 Å². The van der Waals surface area contributed by atoms with Crippen molar-refractivity contribution in [2.45, 2.75) is 24.9 Å². The highest BCUT2D eigenvalue weighted by Gasteiger charge is 2.29. The highest BCUT2D eigenvalue weighted by Crippen LogP contribution is 2.30. The standard InChI is InChI=1S/C12H17NOS/c13-11-4-1-3-10(7-11)8-12(14)5-2-6-15-9-12/h1,3-4,7,14H,2,5-6,8-9,13H2. The van der Waals surface area contributed by atoms with E-state index < -0.39 is 5.60 Å². The Labute approximate surface area is 94.9 Å². The summed E-state index contributed by atoms with van der Waals surface area (Å²) in [5.74, 6) is 2.03. The predicted molar refractivity (Wildman–Crippen MR) is 66.1 cm³/mol. The fourth-order valence-electron chi connectivity index (χ4n) is 2.06. The van der Waals surface area contributed by atoms with E-state index in [1.54, 1.807) is 0 Å². The number of thioether (sulfide) groups is 1. The van der Waals surface area contributed by atoms with Crippen LogP contribution in [-0.2, 0) is 6.42 Å². The molecule has 2 rings (SSSR count). The van der Waals surface area contributed by atoms with E-state index in [0.717, 1.165) is 36.3 Å². The average molecular weight is 223 g/mol. The minimum atomic E-state index is -0.517. The average Bonchev–Trinajstić information content (AvgIpc) is 2.18. The molecule has 3 heteroatoms. The second-order valence-electron chi connectivity index (χ2n) is 4.30. The fraction of sp³-hybridized carbons (Fsp3) is 0.500. The monoisotopic (exact) mass is 223 g/mol. The van der Waals surface area contributed by atoms with Gasteiger partial charge in [-0.1, -0.05) is 12.1 Å². The van der Waals surface area contributed by atoms with Crippen molar-refractivity contribution in [2.75, 3.05) is 17.2 Å². The van der Waals surface area contributed by atoms with Crippen molar-refractivity contribution < 1.29 is 5.11 Å². The lowest BCUT2D eigenvalue weighted by atomic mass is 9.91. The SMILES string of the molecule is Nc1cccc(CC2(O)CCCSC2)c1. The number of aliphatic hydroxyl groups is 1. The summed E-state index contributed by atoms with van der Waals surface area (Å²) in [6.45, 7) is 0. The Balaban J connectivity index is 2.06. The second kappa shape index (κ2) is 4.45. The number of anilines is 1. The van der Waals surface area contributed by atoms with Gasteiger partial charge in [0.1, 0.15) is 0 Å². The molecule has 1 unspecified atom stereocenters. The van der Waals surface area contributed by atoms with Gasteiger partial charge in [-0.3, -0.25) is 0 Å². The van der Waals surface area contributed by atoms with E-state index in [0.29, 0.717) is 0 Å². The maximum Gasteiger partial charge on any atom is 0.0778 e. The molecule has 1 aromatic carbocycles. The fourth-order valence-corrected chi connectivity index (χ4v) is 3.18. The molecule has 1 heterocycles. The van der Waals surface area contributed by atoms with Gasteiger partial charge in [0.25, 0.3) is 0 Å². The number of benzene rings is 1. The zero-order chi connectivity index (χ0) is 10.7. The lowest BCUT2D eigenvalue weighted by Crippen LogP contribution is -2.37. The second-order valence-corrected chi connectivity index (χ2v) is 5.41. The minimum Gasteiger partial charge on any atom is -0.399 e. The Morgan fingerprint density at radius 2 is 2.33 bits per heavy atom. The van der Waals surface area contributed by atoms with Crippen LogP contribution in [0.1, 0.15) is 18.4 Å². The van der Waals surface area contributed by atoms with Crippen molar-refractivity contribution >= 4 is 17.4 Å². The third-order valence-electron chi connectivity index (χ3n) is 2.79. The molecule has 0 amide bonds. The quantitative estimate of drug-likeness (QED) is 0.754. The first-order valence-electron chi connectivity index (χ1n) is 5.33. The molecule has 1 saturated heterocycles. The lowest BCUT2D eigenvalue weighted by molar-refractivity contribution is 0.0530. The van der Waals surface area contributed by atoms with E-state index in [-0.39, 0.29) is 0 Å². The van der Waals surface area contributed by atoms with Crippen LogP contribution in [0.25, 0.3) is 0 Å². The zero-order valence-electron chi connectivity index (χ0n) is 8.78. The van der Waals surface area contributed by atoms with Crippen LogP contribution in [0, 0.1) is 0 Å². The van der Waals surface area contributed by atoms with Gasteiger partial charge in [0.15, 0.2) is 0 Å². The van der Waals surface area contributed by atoms with Crippen molar-refractivity contribution in [3.05, 3.63) is 29.8 Å². The summed E-state index contributed by atoms with van der Waals surface area (Å²) in [4.78, 5) is 0. The van der Waals surface area contributed by atoms with Gasteiger partial charge in [-0.15, -0.1) is 0 Å². The summed E-state index contributed by atoms with van der Waals surface area (Å²) >= 11 is 1.84. The largest absolute Gasteiger partial charge is 0.399 e. The van der Waals surface area contributed by atoms with E-state index in [9.17, 15) is 5.11 Å². The van der Waals surface area contributed by atoms with Crippen molar-refractivity contribution in [1.29, 1.82) is 0 Å². The van der Waals surface area contributed by atoms with E-state index in [2.05, 4.69) is 0 Å². The Kier molecular flexibility index (Phi) is 3.22. The number of hydrogen-bond acceptors (Lipinski definition) is 3. The van der Waals surface area contributed by atoms with E-state index in [4.69, 9.17) is 5.73 Å². The summed E-state index contributed by atoms with van der Waals surface area (Å²) < 4.78 is 0. The van der Waals surface area contributed by atoms with Crippen molar-refractivity contribution in [3.8, 4) is 0 Å². The van der Waals surface area contributed by atoms with Gasteiger partial charge in [-0.2, -0.15) is 11.8 Å². The molecule has 0 saturated carbocycles. The first kappa shape index (κ1) is 10.8. The molecule has 0 radical (unpaired) electrons. The number of rotatable bonds is 2. The van der Waals surface area contributed by atoms with Crippen LogP contribution in [-0.4, -0.2) is 22.2 Å². The summed E-state index contributed by atoms with van der Waals surface area (Å²) in [5, 5.41) is 10.4. The van der Waals surface area contributed by atoms with Crippen molar-refractivity contribution in [3.63, 3.8) is 0 Å². The molecule has 0 aromatic heterocycles. The molecule has 0 spiro atoms. The normalized spacial score (nSPS) is 26.5. The van der Waals surface area contributed by atoms with Crippen LogP contribution in [0.4, 0.5) is 5.69 Å². The molecule has 0 bridgehead atoms. The van der Waals surface area contributed by atoms with E-state index >= 15 is 0 Å². The molecule has 1 aliphatic heterocycles. The Bertz CT molecular complexity index is 334. The number of nitrogen functional groups attached to an aromatic ring is 1. The van der Waals surface area contributed by atoms with Crippen LogP contribution in [0.2, 0.25) is 0 Å². The number of nitrogens with two attached hydrogens (primary N) is 1. The third kappa shape index (κ3) is 2.89. The Morgan fingerprint density at radius 3 is 3.00 bits per heavy atom. The summed E-state index contributed by atoms with van der Waals surface area (Å²) in [6.07, 6.45) is 2.75. The summed E-state index contributed by atoms with van der Waals surface area (Å²) in [6, 6.07) is 7.82. The maximum absolute atomic E-state index is 10.4. The molecule has 0 aliphatic carbocycles.